The van der Waals surface area contributed by atoms with Crippen LogP contribution in [0.2, 0.25) is 0 Å². The Morgan fingerprint density at radius 3 is 2.11 bits per heavy atom. The molecule has 0 heterocycles. The zero-order valence-electron chi connectivity index (χ0n) is 10.3. The predicted octanol–water partition coefficient (Wildman–Crippen LogP) is -2.71. The molecule has 7 nitrogen and oxygen atoms in total. The molecule has 4 unspecified atom stereocenters. The van der Waals surface area contributed by atoms with E-state index in [2.05, 4.69) is 0 Å². The molecule has 1 aliphatic rings. The summed E-state index contributed by atoms with van der Waals surface area (Å²) < 4.78 is 0. The van der Waals surface area contributed by atoms with Crippen molar-refractivity contribution in [1.29, 1.82) is 0 Å². The summed E-state index contributed by atoms with van der Waals surface area (Å²) in [5.74, 6) is -0.0919. The third kappa shape index (κ3) is 3.89. The van der Waals surface area contributed by atoms with Crippen LogP contribution >= 0.6 is 0 Å². The zero-order chi connectivity index (χ0) is 13.9. The van der Waals surface area contributed by atoms with E-state index in [9.17, 15) is 20.1 Å². The minimum atomic E-state index is -1.66. The lowest BCUT2D eigenvalue weighted by atomic mass is 10.0. The molecule has 18 heavy (non-hydrogen) atoms. The fraction of sp³-hybridized carbons (Fsp3) is 0.909. The second-order valence-electron chi connectivity index (χ2n) is 4.79. The zero-order valence-corrected chi connectivity index (χ0v) is 10.3. The minimum Gasteiger partial charge on any atom is -0.394 e. The van der Waals surface area contributed by atoms with Crippen LogP contribution in [0.25, 0.3) is 0 Å². The molecule has 0 aromatic carbocycles. The second-order valence-corrected chi connectivity index (χ2v) is 4.79. The Bertz CT molecular complexity index is 283. The molecule has 0 saturated heterocycles. The first-order chi connectivity index (χ1) is 8.38. The van der Waals surface area contributed by atoms with Gasteiger partial charge in [0.2, 0.25) is 5.91 Å². The number of aliphatic hydroxyl groups is 5. The van der Waals surface area contributed by atoms with Crippen LogP contribution in [0.1, 0.15) is 12.8 Å². The molecule has 7 heteroatoms. The quantitative estimate of drug-likeness (QED) is 0.340. The number of likely N-dealkylation sites (N-methyl/N-ethyl adjacent to an activating group) is 1. The first-order valence-electron chi connectivity index (χ1n) is 5.96. The van der Waals surface area contributed by atoms with Crippen molar-refractivity contribution >= 4 is 5.91 Å². The highest BCUT2D eigenvalue weighted by molar-refractivity contribution is 5.80. The molecule has 1 aliphatic carbocycles. The molecule has 0 spiro atoms. The normalized spacial score (nSPS) is 22.1. The molecule has 4 atom stereocenters. The Morgan fingerprint density at radius 1 is 1.17 bits per heavy atom. The molecule has 1 rings (SSSR count). The van der Waals surface area contributed by atoms with E-state index in [1.165, 1.54) is 11.9 Å². The van der Waals surface area contributed by atoms with E-state index in [-0.39, 0.29) is 18.4 Å². The summed E-state index contributed by atoms with van der Waals surface area (Å²) in [5.41, 5.74) is 0. The lowest BCUT2D eigenvalue weighted by Gasteiger charge is -2.28. The van der Waals surface area contributed by atoms with E-state index in [1.54, 1.807) is 0 Å². The number of aliphatic hydroxyl groups excluding tert-OH is 5. The topological polar surface area (TPSA) is 121 Å². The maximum Gasteiger partial charge on any atom is 0.225 e. The lowest BCUT2D eigenvalue weighted by Crippen LogP contribution is -2.50. The maximum absolute atomic E-state index is 11.6. The van der Waals surface area contributed by atoms with Crippen molar-refractivity contribution in [2.75, 3.05) is 20.2 Å². The van der Waals surface area contributed by atoms with Gasteiger partial charge in [-0.3, -0.25) is 4.79 Å². The van der Waals surface area contributed by atoms with Crippen molar-refractivity contribution in [3.8, 4) is 0 Å². The van der Waals surface area contributed by atoms with Crippen LogP contribution in [0.5, 0.6) is 0 Å². The highest BCUT2D eigenvalue weighted by atomic mass is 16.4. The van der Waals surface area contributed by atoms with Crippen molar-refractivity contribution in [3.05, 3.63) is 0 Å². The number of carbonyl (C=O) groups is 1. The van der Waals surface area contributed by atoms with Crippen LogP contribution in [-0.2, 0) is 4.79 Å². The van der Waals surface area contributed by atoms with Gasteiger partial charge in [0.05, 0.1) is 6.61 Å². The molecule has 0 aliphatic heterocycles. The summed E-state index contributed by atoms with van der Waals surface area (Å²) in [7, 11) is 1.51. The predicted molar refractivity (Wildman–Crippen MR) is 61.5 cm³/mol. The summed E-state index contributed by atoms with van der Waals surface area (Å²) in [6, 6.07) is 0. The van der Waals surface area contributed by atoms with E-state index in [0.29, 0.717) is 0 Å². The Balaban J connectivity index is 2.42. The van der Waals surface area contributed by atoms with Crippen molar-refractivity contribution in [3.63, 3.8) is 0 Å². The van der Waals surface area contributed by atoms with Crippen molar-refractivity contribution in [1.82, 2.24) is 4.90 Å². The fourth-order valence-corrected chi connectivity index (χ4v) is 1.68. The van der Waals surface area contributed by atoms with Gasteiger partial charge in [0.1, 0.15) is 24.4 Å². The largest absolute Gasteiger partial charge is 0.394 e. The number of hydrogen-bond acceptors (Lipinski definition) is 6. The van der Waals surface area contributed by atoms with E-state index in [4.69, 9.17) is 10.2 Å². The van der Waals surface area contributed by atoms with Crippen LogP contribution in [-0.4, -0.2) is 81.0 Å². The van der Waals surface area contributed by atoms with Crippen LogP contribution in [0.15, 0.2) is 0 Å². The van der Waals surface area contributed by atoms with E-state index < -0.39 is 31.0 Å². The minimum absolute atomic E-state index is 0.00676. The second kappa shape index (κ2) is 6.44. The Hall–Kier alpha value is -0.730. The SMILES string of the molecule is CN(CC(O)C(O)C(O)C(O)CO)C(=O)C1CC1. The number of amides is 1. The number of nitrogens with zero attached hydrogens (tertiary/aromatic N) is 1. The van der Waals surface area contributed by atoms with Gasteiger partial charge in [-0.15, -0.1) is 0 Å². The number of hydrogen-bond donors (Lipinski definition) is 5. The molecular formula is C11H21NO6. The van der Waals surface area contributed by atoms with Gasteiger partial charge in [-0.25, -0.2) is 0 Å². The van der Waals surface area contributed by atoms with Gasteiger partial charge in [-0.2, -0.15) is 0 Å². The van der Waals surface area contributed by atoms with Crippen LogP contribution in [0.4, 0.5) is 0 Å². The van der Waals surface area contributed by atoms with Crippen molar-refractivity contribution in [2.24, 2.45) is 5.92 Å². The summed E-state index contributed by atoms with van der Waals surface area (Å²) >= 11 is 0. The summed E-state index contributed by atoms with van der Waals surface area (Å²) in [6.45, 7) is -0.854. The van der Waals surface area contributed by atoms with E-state index >= 15 is 0 Å². The Morgan fingerprint density at radius 2 is 1.67 bits per heavy atom. The third-order valence-corrected chi connectivity index (χ3v) is 3.09. The highest BCUT2D eigenvalue weighted by Gasteiger charge is 2.35. The molecule has 0 aromatic rings. The van der Waals surface area contributed by atoms with Crippen molar-refractivity contribution < 1.29 is 30.3 Å². The van der Waals surface area contributed by atoms with Gasteiger partial charge in [0.25, 0.3) is 0 Å². The summed E-state index contributed by atoms with van der Waals surface area (Å²) in [4.78, 5) is 12.9. The van der Waals surface area contributed by atoms with Crippen LogP contribution in [0, 0.1) is 5.92 Å². The van der Waals surface area contributed by atoms with Crippen LogP contribution < -0.4 is 0 Å². The van der Waals surface area contributed by atoms with Gasteiger partial charge in [0.15, 0.2) is 0 Å². The summed E-state index contributed by atoms with van der Waals surface area (Å²) in [6.07, 6.45) is -4.51. The first kappa shape index (κ1) is 15.3. The molecular weight excluding hydrogens is 242 g/mol. The average Bonchev–Trinajstić information content (AvgIpc) is 3.18. The molecule has 5 N–H and O–H groups in total. The van der Waals surface area contributed by atoms with Gasteiger partial charge >= 0.3 is 0 Å². The number of carbonyl (C=O) groups excluding carboxylic acids is 1. The summed E-state index contributed by atoms with van der Waals surface area (Å²) in [5, 5.41) is 46.4. The van der Waals surface area contributed by atoms with Gasteiger partial charge in [-0.05, 0) is 12.8 Å². The van der Waals surface area contributed by atoms with E-state index in [0.717, 1.165) is 12.8 Å². The smallest absolute Gasteiger partial charge is 0.225 e. The van der Waals surface area contributed by atoms with Gasteiger partial charge in [0, 0.05) is 19.5 Å². The monoisotopic (exact) mass is 263 g/mol. The molecule has 0 aromatic heterocycles. The molecule has 106 valence electrons. The van der Waals surface area contributed by atoms with Gasteiger partial charge < -0.3 is 30.4 Å². The van der Waals surface area contributed by atoms with Crippen LogP contribution in [0.3, 0.4) is 0 Å². The molecule has 1 amide bonds. The fourth-order valence-electron chi connectivity index (χ4n) is 1.68. The molecule has 0 radical (unpaired) electrons. The number of rotatable bonds is 7. The first-order valence-corrected chi connectivity index (χ1v) is 5.96. The molecule has 1 saturated carbocycles. The van der Waals surface area contributed by atoms with E-state index in [1.807, 2.05) is 0 Å². The lowest BCUT2D eigenvalue weighted by molar-refractivity contribution is -0.139. The Kier molecular flexibility index (Phi) is 5.48. The molecule has 0 bridgehead atoms. The maximum atomic E-state index is 11.6. The third-order valence-electron chi connectivity index (χ3n) is 3.09. The highest BCUT2D eigenvalue weighted by Crippen LogP contribution is 2.30. The Labute approximate surface area is 105 Å². The standard InChI is InChI=1S/C11H21NO6/c1-12(11(18)6-2-3-6)4-7(14)9(16)10(17)8(15)5-13/h6-10,13-17H,2-5H2,1H3. The average molecular weight is 263 g/mol. The van der Waals surface area contributed by atoms with Crippen molar-refractivity contribution in [2.45, 2.75) is 37.3 Å². The molecule has 1 fully saturated rings. The van der Waals surface area contributed by atoms with Gasteiger partial charge in [-0.1, -0.05) is 0 Å².